The number of nitro groups is 1. The van der Waals surface area contributed by atoms with Crippen LogP contribution >= 0.6 is 0 Å². The van der Waals surface area contributed by atoms with Crippen molar-refractivity contribution in [1.82, 2.24) is 4.98 Å². The van der Waals surface area contributed by atoms with Gasteiger partial charge in [0.05, 0.1) is 40.8 Å². The molecular weight excluding hydrogens is 290 g/mol. The van der Waals surface area contributed by atoms with Crippen molar-refractivity contribution in [2.75, 3.05) is 14.1 Å². The highest BCUT2D eigenvalue weighted by molar-refractivity contribution is 6.00. The number of quaternary nitrogens is 1. The minimum absolute atomic E-state index is 0. The molecule has 0 aliphatic rings. The first-order valence-electron chi connectivity index (χ1n) is 6.35. The second-order valence-corrected chi connectivity index (χ2v) is 4.96. The Morgan fingerprint density at radius 1 is 1.05 bits per heavy atom. The summed E-state index contributed by atoms with van der Waals surface area (Å²) in [7, 11) is 4.05. The molecule has 6 heteroatoms. The largest absolute Gasteiger partial charge is 1.00 e. The molecule has 108 valence electrons. The van der Waals surface area contributed by atoms with E-state index in [9.17, 15) is 10.1 Å². The Morgan fingerprint density at radius 2 is 1.67 bits per heavy atom. The van der Waals surface area contributed by atoms with E-state index in [2.05, 4.69) is 4.98 Å². The number of pyridine rings is 1. The molecule has 0 unspecified atom stereocenters. The van der Waals surface area contributed by atoms with Gasteiger partial charge in [0.1, 0.15) is 5.69 Å². The van der Waals surface area contributed by atoms with E-state index >= 15 is 0 Å². The van der Waals surface area contributed by atoms with Crippen molar-refractivity contribution in [3.8, 4) is 0 Å². The molecule has 2 aromatic carbocycles. The summed E-state index contributed by atoms with van der Waals surface area (Å²) in [6, 6.07) is 12.8. The quantitative estimate of drug-likeness (QED) is 0.378. The number of halogens is 1. The molecule has 5 nitrogen and oxygen atoms in total. The molecule has 0 saturated heterocycles. The number of aromatic nitrogens is 1. The van der Waals surface area contributed by atoms with Gasteiger partial charge in [-0.3, -0.25) is 10.1 Å². The van der Waals surface area contributed by atoms with Gasteiger partial charge in [0.25, 0.3) is 5.69 Å². The minimum Gasteiger partial charge on any atom is -1.00 e. The van der Waals surface area contributed by atoms with E-state index in [0.29, 0.717) is 10.9 Å². The summed E-state index contributed by atoms with van der Waals surface area (Å²) in [6.45, 7) is 0. The van der Waals surface area contributed by atoms with Gasteiger partial charge >= 0.3 is 0 Å². The Kier molecular flexibility index (Phi) is 4.06. The molecule has 0 aliphatic heterocycles. The molecular formula is C15H14ClN3O2. The van der Waals surface area contributed by atoms with E-state index in [1.54, 1.807) is 12.1 Å². The Bertz CT molecular complexity index is 834. The summed E-state index contributed by atoms with van der Waals surface area (Å²) in [5.41, 5.74) is 2.69. The van der Waals surface area contributed by atoms with Gasteiger partial charge in [0.2, 0.25) is 0 Å². The number of nitrogens with zero attached hydrogens (tertiary/aromatic N) is 2. The molecule has 3 rings (SSSR count). The first kappa shape index (κ1) is 15.2. The van der Waals surface area contributed by atoms with E-state index in [1.807, 2.05) is 38.4 Å². The number of hydrogen-bond donors (Lipinski definition) is 1. The average Bonchev–Trinajstić information content (AvgIpc) is 2.43. The van der Waals surface area contributed by atoms with Crippen molar-refractivity contribution < 1.29 is 22.2 Å². The summed E-state index contributed by atoms with van der Waals surface area (Å²) in [6.07, 6.45) is 0. The second-order valence-electron chi connectivity index (χ2n) is 4.96. The highest BCUT2D eigenvalue weighted by Crippen LogP contribution is 2.29. The summed E-state index contributed by atoms with van der Waals surface area (Å²) in [5, 5.41) is 12.7. The number of rotatable bonds is 2. The number of nitrogens with one attached hydrogen (secondary N) is 1. The number of hydrogen-bond acceptors (Lipinski definition) is 3. The Hall–Kier alpha value is -2.24. The molecule has 0 spiro atoms. The van der Waals surface area contributed by atoms with Crippen LogP contribution in [0.15, 0.2) is 42.5 Å². The lowest BCUT2D eigenvalue weighted by Crippen LogP contribution is -3.00. The van der Waals surface area contributed by atoms with Gasteiger partial charge in [-0.05, 0) is 24.3 Å². The van der Waals surface area contributed by atoms with Crippen LogP contribution in [0.1, 0.15) is 0 Å². The predicted molar refractivity (Wildman–Crippen MR) is 78.4 cm³/mol. The van der Waals surface area contributed by atoms with Crippen molar-refractivity contribution in [2.24, 2.45) is 0 Å². The molecule has 0 radical (unpaired) electrons. The lowest BCUT2D eigenvalue weighted by atomic mass is 10.1. The Labute approximate surface area is 127 Å². The van der Waals surface area contributed by atoms with E-state index in [1.165, 1.54) is 6.07 Å². The van der Waals surface area contributed by atoms with Gasteiger partial charge < -0.3 is 17.3 Å². The molecule has 0 aliphatic carbocycles. The van der Waals surface area contributed by atoms with Crippen LogP contribution in [0.5, 0.6) is 0 Å². The number of benzene rings is 2. The summed E-state index contributed by atoms with van der Waals surface area (Å²) in [5.74, 6) is 0. The molecule has 0 atom stereocenters. The molecule has 1 aromatic heterocycles. The van der Waals surface area contributed by atoms with Crippen LogP contribution in [0.4, 0.5) is 11.4 Å². The van der Waals surface area contributed by atoms with Crippen molar-refractivity contribution in [3.63, 3.8) is 0 Å². The highest BCUT2D eigenvalue weighted by atomic mass is 35.5. The predicted octanol–water partition coefficient (Wildman–Crippen LogP) is -0.924. The molecule has 0 saturated carbocycles. The molecule has 0 bridgehead atoms. The van der Waals surface area contributed by atoms with E-state index in [-0.39, 0.29) is 23.0 Å². The average molecular weight is 304 g/mol. The SMILES string of the molecule is C[NH+](C)c1cccc2nc3cccc([N+](=O)[O-])c3cc12.[Cl-]. The third kappa shape index (κ3) is 2.53. The molecule has 0 fully saturated rings. The van der Waals surface area contributed by atoms with E-state index in [0.717, 1.165) is 21.5 Å². The van der Waals surface area contributed by atoms with Crippen LogP contribution in [-0.4, -0.2) is 24.0 Å². The Morgan fingerprint density at radius 3 is 2.29 bits per heavy atom. The minimum atomic E-state index is -0.360. The third-order valence-electron chi connectivity index (χ3n) is 3.41. The zero-order valence-corrected chi connectivity index (χ0v) is 12.4. The van der Waals surface area contributed by atoms with Crippen LogP contribution in [0.2, 0.25) is 0 Å². The van der Waals surface area contributed by atoms with Crippen molar-refractivity contribution >= 4 is 33.2 Å². The standard InChI is InChI=1S/C15H13N3O2.ClH/c1-17(2)14-7-3-5-12-10(14)9-11-13(16-12)6-4-8-15(11)18(19)20;/h3-9H,1-2H3;1H. The molecule has 0 amide bonds. The van der Waals surface area contributed by atoms with Crippen LogP contribution in [0.3, 0.4) is 0 Å². The van der Waals surface area contributed by atoms with Gasteiger partial charge in [-0.2, -0.15) is 0 Å². The second kappa shape index (κ2) is 5.63. The zero-order chi connectivity index (χ0) is 14.3. The summed E-state index contributed by atoms with van der Waals surface area (Å²) < 4.78 is 0. The number of non-ortho nitro benzene ring substituents is 1. The van der Waals surface area contributed by atoms with Gasteiger partial charge in [-0.25, -0.2) is 4.98 Å². The first-order chi connectivity index (χ1) is 9.58. The van der Waals surface area contributed by atoms with Crippen molar-refractivity contribution in [3.05, 3.63) is 52.6 Å². The van der Waals surface area contributed by atoms with Crippen LogP contribution < -0.4 is 17.3 Å². The number of fused-ring (bicyclic) bond motifs is 2. The topological polar surface area (TPSA) is 60.5 Å². The normalized spacial score (nSPS) is 10.8. The van der Waals surface area contributed by atoms with Gasteiger partial charge in [0, 0.05) is 6.07 Å². The zero-order valence-electron chi connectivity index (χ0n) is 11.6. The maximum atomic E-state index is 11.1. The fourth-order valence-electron chi connectivity index (χ4n) is 2.46. The molecule has 21 heavy (non-hydrogen) atoms. The third-order valence-corrected chi connectivity index (χ3v) is 3.41. The smallest absolute Gasteiger partial charge is 0.278 e. The van der Waals surface area contributed by atoms with Crippen LogP contribution in [0.25, 0.3) is 21.8 Å². The Balaban J connectivity index is 0.00000161. The van der Waals surface area contributed by atoms with Crippen molar-refractivity contribution in [1.29, 1.82) is 0 Å². The molecule has 3 aromatic rings. The molecule has 1 N–H and O–H groups in total. The lowest BCUT2D eigenvalue weighted by Gasteiger charge is -2.10. The van der Waals surface area contributed by atoms with Gasteiger partial charge in [0.15, 0.2) is 0 Å². The first-order valence-corrected chi connectivity index (χ1v) is 6.35. The summed E-state index contributed by atoms with van der Waals surface area (Å²) >= 11 is 0. The fraction of sp³-hybridized carbons (Fsp3) is 0.133. The van der Waals surface area contributed by atoms with Gasteiger partial charge in [-0.15, -0.1) is 0 Å². The maximum absolute atomic E-state index is 11.1. The summed E-state index contributed by atoms with van der Waals surface area (Å²) in [4.78, 5) is 16.5. The van der Waals surface area contributed by atoms with Crippen LogP contribution in [-0.2, 0) is 0 Å². The van der Waals surface area contributed by atoms with Crippen molar-refractivity contribution in [2.45, 2.75) is 0 Å². The van der Waals surface area contributed by atoms with E-state index in [4.69, 9.17) is 0 Å². The maximum Gasteiger partial charge on any atom is 0.278 e. The number of nitro benzene ring substituents is 1. The monoisotopic (exact) mass is 303 g/mol. The van der Waals surface area contributed by atoms with E-state index < -0.39 is 0 Å². The molecule has 1 heterocycles. The van der Waals surface area contributed by atoms with Crippen LogP contribution in [0, 0.1) is 10.1 Å². The highest BCUT2D eigenvalue weighted by Gasteiger charge is 2.15. The lowest BCUT2D eigenvalue weighted by molar-refractivity contribution is -0.785. The fourth-order valence-corrected chi connectivity index (χ4v) is 2.46. The van der Waals surface area contributed by atoms with Gasteiger partial charge in [-0.1, -0.05) is 12.1 Å².